The molecule has 2 rings (SSSR count). The first-order valence-corrected chi connectivity index (χ1v) is 7.41. The summed E-state index contributed by atoms with van der Waals surface area (Å²) in [6, 6.07) is 13.2. The lowest BCUT2D eigenvalue weighted by Crippen LogP contribution is -3.08. The van der Waals surface area contributed by atoms with Crippen LogP contribution in [0.25, 0.3) is 0 Å². The van der Waals surface area contributed by atoms with Crippen LogP contribution in [-0.2, 0) is 11.3 Å². The van der Waals surface area contributed by atoms with Crippen LogP contribution in [0, 0.1) is 5.82 Å². The van der Waals surface area contributed by atoms with Crippen LogP contribution in [0.3, 0.4) is 0 Å². The van der Waals surface area contributed by atoms with Gasteiger partial charge in [0.05, 0.1) is 12.7 Å². The molecule has 1 atom stereocenters. The van der Waals surface area contributed by atoms with Crippen LogP contribution in [-0.4, -0.2) is 25.3 Å². The van der Waals surface area contributed by atoms with E-state index in [-0.39, 0.29) is 24.1 Å². The fourth-order valence-electron chi connectivity index (χ4n) is 2.38. The van der Waals surface area contributed by atoms with Gasteiger partial charge >= 0.3 is 0 Å². The van der Waals surface area contributed by atoms with Gasteiger partial charge in [0.15, 0.2) is 12.3 Å². The summed E-state index contributed by atoms with van der Waals surface area (Å²) in [5.74, 6) is -0.531. The highest BCUT2D eigenvalue weighted by Gasteiger charge is 2.13. The normalized spacial score (nSPS) is 11.8. The summed E-state index contributed by atoms with van der Waals surface area (Å²) in [5.41, 5.74) is 1.98. The number of carbonyl (C=O) groups is 2. The van der Waals surface area contributed by atoms with Crippen LogP contribution >= 0.6 is 0 Å². The Labute approximate surface area is 134 Å². The Morgan fingerprint density at radius 2 is 1.74 bits per heavy atom. The number of quaternary nitrogens is 1. The number of rotatable bonds is 6. The van der Waals surface area contributed by atoms with E-state index in [1.165, 1.54) is 19.1 Å². The maximum Gasteiger partial charge on any atom is 0.279 e. The van der Waals surface area contributed by atoms with Gasteiger partial charge in [-0.3, -0.25) is 9.59 Å². The van der Waals surface area contributed by atoms with Gasteiger partial charge in [0, 0.05) is 11.1 Å². The van der Waals surface area contributed by atoms with Crippen molar-refractivity contribution in [2.45, 2.75) is 13.5 Å². The smallest absolute Gasteiger partial charge is 0.279 e. The number of likely N-dealkylation sites (N-methyl/N-ethyl adjacent to an activating group) is 1. The van der Waals surface area contributed by atoms with Gasteiger partial charge in [0.25, 0.3) is 5.91 Å². The topological polar surface area (TPSA) is 50.6 Å². The predicted octanol–water partition coefficient (Wildman–Crippen LogP) is 1.68. The molecule has 0 aliphatic carbocycles. The van der Waals surface area contributed by atoms with Crippen molar-refractivity contribution in [1.82, 2.24) is 0 Å². The van der Waals surface area contributed by atoms with Crippen molar-refractivity contribution in [2.75, 3.05) is 18.9 Å². The Balaban J connectivity index is 1.94. The van der Waals surface area contributed by atoms with Crippen molar-refractivity contribution in [3.05, 3.63) is 65.5 Å². The van der Waals surface area contributed by atoms with E-state index in [0.29, 0.717) is 17.8 Å². The molecule has 0 aromatic heterocycles. The third-order valence-corrected chi connectivity index (χ3v) is 3.46. The monoisotopic (exact) mass is 315 g/mol. The highest BCUT2D eigenvalue weighted by Crippen LogP contribution is 2.15. The van der Waals surface area contributed by atoms with Gasteiger partial charge in [-0.2, -0.15) is 0 Å². The molecule has 0 fully saturated rings. The molecule has 2 aromatic rings. The molecule has 23 heavy (non-hydrogen) atoms. The number of Topliss-reactive ketones (excluding diaryl/α,β-unsaturated/α-hetero) is 1. The second-order valence-electron chi connectivity index (χ2n) is 5.59. The summed E-state index contributed by atoms with van der Waals surface area (Å²) >= 11 is 0. The molecule has 4 nitrogen and oxygen atoms in total. The molecule has 0 aliphatic heterocycles. The Morgan fingerprint density at radius 1 is 1.09 bits per heavy atom. The number of carbonyl (C=O) groups excluding carboxylic acids is 2. The molecular formula is C18H20FN2O2+. The zero-order valence-electron chi connectivity index (χ0n) is 13.2. The number of hydrogen-bond acceptors (Lipinski definition) is 2. The van der Waals surface area contributed by atoms with E-state index in [4.69, 9.17) is 0 Å². The lowest BCUT2D eigenvalue weighted by molar-refractivity contribution is -0.885. The largest absolute Gasteiger partial charge is 0.326 e. The molecule has 2 N–H and O–H groups in total. The van der Waals surface area contributed by atoms with Gasteiger partial charge in [0.1, 0.15) is 12.4 Å². The fraction of sp³-hybridized carbons (Fsp3) is 0.222. The Hall–Kier alpha value is -2.53. The molecule has 0 radical (unpaired) electrons. The maximum absolute atomic E-state index is 12.9. The van der Waals surface area contributed by atoms with Crippen LogP contribution < -0.4 is 10.2 Å². The minimum Gasteiger partial charge on any atom is -0.326 e. The van der Waals surface area contributed by atoms with E-state index >= 15 is 0 Å². The lowest BCUT2D eigenvalue weighted by Gasteiger charge is -2.15. The van der Waals surface area contributed by atoms with Crippen LogP contribution in [0.2, 0.25) is 0 Å². The molecule has 0 bridgehead atoms. The quantitative estimate of drug-likeness (QED) is 0.797. The molecule has 5 heteroatoms. The molecule has 1 amide bonds. The first-order valence-electron chi connectivity index (χ1n) is 7.41. The summed E-state index contributed by atoms with van der Waals surface area (Å²) in [7, 11) is 1.89. The van der Waals surface area contributed by atoms with Crippen molar-refractivity contribution in [3.63, 3.8) is 0 Å². The molecule has 2 aromatic carbocycles. The third kappa shape index (κ3) is 5.00. The molecule has 0 heterocycles. The summed E-state index contributed by atoms with van der Waals surface area (Å²) in [6.07, 6.45) is 0. The van der Waals surface area contributed by atoms with E-state index < -0.39 is 0 Å². The van der Waals surface area contributed by atoms with Crippen molar-refractivity contribution < 1.29 is 18.9 Å². The number of nitrogens with one attached hydrogen (secondary N) is 2. The van der Waals surface area contributed by atoms with Crippen LogP contribution in [0.1, 0.15) is 22.8 Å². The summed E-state index contributed by atoms with van der Waals surface area (Å²) < 4.78 is 12.9. The van der Waals surface area contributed by atoms with Gasteiger partial charge in [0.2, 0.25) is 0 Å². The third-order valence-electron chi connectivity index (χ3n) is 3.46. The Bertz CT molecular complexity index is 698. The average Bonchev–Trinajstić information content (AvgIpc) is 2.49. The molecule has 0 saturated carbocycles. The standard InChI is InChI=1S/C18H19FN2O2/c1-13(22)16-5-3-4-6-17(16)20-18(23)12-21(2)11-14-7-9-15(19)10-8-14/h3-10H,11-12H2,1-2H3,(H,20,23)/p+1. The number of hydrogen-bond donors (Lipinski definition) is 2. The Kier molecular flexibility index (Phi) is 5.60. The summed E-state index contributed by atoms with van der Waals surface area (Å²) in [6.45, 7) is 2.34. The number of anilines is 1. The van der Waals surface area contributed by atoms with E-state index in [2.05, 4.69) is 5.32 Å². The van der Waals surface area contributed by atoms with E-state index in [0.717, 1.165) is 10.5 Å². The average molecular weight is 315 g/mol. The predicted molar refractivity (Wildman–Crippen MR) is 86.9 cm³/mol. The van der Waals surface area contributed by atoms with E-state index in [1.807, 2.05) is 7.05 Å². The Morgan fingerprint density at radius 3 is 2.39 bits per heavy atom. The van der Waals surface area contributed by atoms with Crippen molar-refractivity contribution in [2.24, 2.45) is 0 Å². The molecule has 120 valence electrons. The summed E-state index contributed by atoms with van der Waals surface area (Å²) in [5, 5.41) is 2.78. The van der Waals surface area contributed by atoms with Crippen LogP contribution in [0.5, 0.6) is 0 Å². The molecule has 0 spiro atoms. The molecule has 0 aliphatic rings. The summed E-state index contributed by atoms with van der Waals surface area (Å²) in [4.78, 5) is 24.7. The van der Waals surface area contributed by atoms with Gasteiger partial charge < -0.3 is 10.2 Å². The molecule has 0 saturated heterocycles. The first kappa shape index (κ1) is 16.8. The number of benzene rings is 2. The van der Waals surface area contributed by atoms with Crippen LogP contribution in [0.15, 0.2) is 48.5 Å². The molecular weight excluding hydrogens is 295 g/mol. The SMILES string of the molecule is CC(=O)c1ccccc1NC(=O)C[NH+](C)Cc1ccc(F)cc1. The number of para-hydroxylation sites is 1. The minimum absolute atomic E-state index is 0.0899. The zero-order chi connectivity index (χ0) is 16.8. The van der Waals surface area contributed by atoms with Gasteiger partial charge in [-0.1, -0.05) is 24.3 Å². The first-order chi connectivity index (χ1) is 11.0. The number of halogens is 1. The second kappa shape index (κ2) is 7.65. The fourth-order valence-corrected chi connectivity index (χ4v) is 2.38. The van der Waals surface area contributed by atoms with Gasteiger partial charge in [-0.25, -0.2) is 4.39 Å². The van der Waals surface area contributed by atoms with E-state index in [1.54, 1.807) is 36.4 Å². The second-order valence-corrected chi connectivity index (χ2v) is 5.59. The highest BCUT2D eigenvalue weighted by molar-refractivity contribution is 6.03. The lowest BCUT2D eigenvalue weighted by atomic mass is 10.1. The number of amides is 1. The van der Waals surface area contributed by atoms with Gasteiger partial charge in [-0.05, 0) is 31.2 Å². The highest BCUT2D eigenvalue weighted by atomic mass is 19.1. The van der Waals surface area contributed by atoms with E-state index in [9.17, 15) is 14.0 Å². The van der Waals surface area contributed by atoms with Crippen LogP contribution in [0.4, 0.5) is 10.1 Å². The maximum atomic E-state index is 12.9. The zero-order valence-corrected chi connectivity index (χ0v) is 13.2. The van der Waals surface area contributed by atoms with Crippen molar-refractivity contribution in [1.29, 1.82) is 0 Å². The minimum atomic E-state index is -0.273. The number of ketones is 1. The molecule has 1 unspecified atom stereocenters. The van der Waals surface area contributed by atoms with Crippen molar-refractivity contribution in [3.8, 4) is 0 Å². The van der Waals surface area contributed by atoms with Gasteiger partial charge in [-0.15, -0.1) is 0 Å². The van der Waals surface area contributed by atoms with Crippen molar-refractivity contribution >= 4 is 17.4 Å².